The molecule has 0 atom stereocenters. The van der Waals surface area contributed by atoms with Gasteiger partial charge in [-0.15, -0.1) is 17.9 Å². The molecule has 1 N–H and O–H groups in total. The Morgan fingerprint density at radius 1 is 1.39 bits per heavy atom. The summed E-state index contributed by atoms with van der Waals surface area (Å²) < 4.78 is 6.87. The van der Waals surface area contributed by atoms with Crippen molar-refractivity contribution in [1.29, 1.82) is 0 Å². The number of thiophene rings is 1. The van der Waals surface area contributed by atoms with Gasteiger partial charge >= 0.3 is 0 Å². The molecule has 0 fully saturated rings. The minimum atomic E-state index is -0.106. The monoisotopic (exact) mass is 415 g/mol. The summed E-state index contributed by atoms with van der Waals surface area (Å²) in [5.74, 6) is 0.894. The van der Waals surface area contributed by atoms with Gasteiger partial charge < -0.3 is 10.1 Å². The van der Waals surface area contributed by atoms with E-state index >= 15 is 0 Å². The maximum atomic E-state index is 12.6. The lowest BCUT2D eigenvalue weighted by atomic mass is 10.1. The standard InChI is InChI=1S/C20H21N3O3S2/c1-3-11-23-19(25)15-9-12-27-18(15)22-20(23)28-13-17(24)21-10-8-14-6-4-5-7-16(14)26-2/h3-7,9,12H,1,8,10-11,13H2,2H3,(H,21,24). The molecule has 2 aromatic heterocycles. The van der Waals surface area contributed by atoms with Crippen LogP contribution in [-0.4, -0.2) is 34.9 Å². The largest absolute Gasteiger partial charge is 0.496 e. The van der Waals surface area contributed by atoms with Crippen LogP contribution in [0.4, 0.5) is 0 Å². The van der Waals surface area contributed by atoms with Crippen LogP contribution in [0.15, 0.2) is 58.3 Å². The highest BCUT2D eigenvalue weighted by molar-refractivity contribution is 7.99. The highest BCUT2D eigenvalue weighted by Gasteiger charge is 2.13. The first kappa shape index (κ1) is 20.2. The summed E-state index contributed by atoms with van der Waals surface area (Å²) in [6.45, 7) is 4.57. The molecule has 2 heterocycles. The fourth-order valence-corrected chi connectivity index (χ4v) is 4.40. The third-order valence-electron chi connectivity index (χ3n) is 4.10. The number of aromatic nitrogens is 2. The van der Waals surface area contributed by atoms with Crippen molar-refractivity contribution in [3.05, 3.63) is 64.3 Å². The predicted octanol–water partition coefficient (Wildman–Crippen LogP) is 3.10. The molecule has 0 spiro atoms. The quantitative estimate of drug-likeness (QED) is 0.330. The van der Waals surface area contributed by atoms with Crippen molar-refractivity contribution in [2.45, 2.75) is 18.1 Å². The van der Waals surface area contributed by atoms with Crippen LogP contribution in [0, 0.1) is 0 Å². The van der Waals surface area contributed by atoms with Crippen molar-refractivity contribution in [3.63, 3.8) is 0 Å². The second kappa shape index (κ2) is 9.57. The molecular weight excluding hydrogens is 394 g/mol. The fourth-order valence-electron chi connectivity index (χ4n) is 2.76. The molecule has 146 valence electrons. The Labute approximate surface area is 171 Å². The van der Waals surface area contributed by atoms with E-state index in [1.54, 1.807) is 23.8 Å². The van der Waals surface area contributed by atoms with E-state index in [1.807, 2.05) is 29.6 Å². The van der Waals surface area contributed by atoms with Gasteiger partial charge in [-0.2, -0.15) is 0 Å². The molecule has 3 rings (SSSR count). The number of carbonyl (C=O) groups excluding carboxylic acids is 1. The molecule has 8 heteroatoms. The number of hydrogen-bond acceptors (Lipinski definition) is 6. The summed E-state index contributed by atoms with van der Waals surface area (Å²) in [6, 6.07) is 9.51. The molecule has 0 radical (unpaired) electrons. The number of amides is 1. The highest BCUT2D eigenvalue weighted by Crippen LogP contribution is 2.21. The number of methoxy groups -OCH3 is 1. The van der Waals surface area contributed by atoms with Gasteiger partial charge in [0.15, 0.2) is 5.16 Å². The van der Waals surface area contributed by atoms with E-state index in [0.29, 0.717) is 34.9 Å². The second-order valence-corrected chi connectivity index (χ2v) is 7.78. The van der Waals surface area contributed by atoms with Gasteiger partial charge in [0, 0.05) is 13.1 Å². The molecule has 3 aromatic rings. The number of thioether (sulfide) groups is 1. The average Bonchev–Trinajstić information content (AvgIpc) is 3.18. The summed E-state index contributed by atoms with van der Waals surface area (Å²) in [5.41, 5.74) is 0.938. The Bertz CT molecular complexity index is 1040. The Morgan fingerprint density at radius 2 is 2.21 bits per heavy atom. The van der Waals surface area contributed by atoms with Crippen LogP contribution in [-0.2, 0) is 17.8 Å². The second-order valence-electron chi connectivity index (χ2n) is 5.94. The van der Waals surface area contributed by atoms with Gasteiger partial charge in [-0.05, 0) is 29.5 Å². The van der Waals surface area contributed by atoms with Crippen molar-refractivity contribution >= 4 is 39.2 Å². The van der Waals surface area contributed by atoms with Gasteiger partial charge in [0.05, 0.1) is 18.2 Å². The molecule has 0 bridgehead atoms. The van der Waals surface area contributed by atoms with Gasteiger partial charge in [-0.25, -0.2) is 4.98 Å². The van der Waals surface area contributed by atoms with Crippen molar-refractivity contribution < 1.29 is 9.53 Å². The van der Waals surface area contributed by atoms with Crippen molar-refractivity contribution in [2.24, 2.45) is 0 Å². The van der Waals surface area contributed by atoms with Gasteiger partial charge in [-0.3, -0.25) is 14.2 Å². The van der Waals surface area contributed by atoms with Crippen LogP contribution in [0.25, 0.3) is 10.2 Å². The lowest BCUT2D eigenvalue weighted by Crippen LogP contribution is -2.28. The third kappa shape index (κ3) is 4.63. The number of hydrogen-bond donors (Lipinski definition) is 1. The first-order valence-electron chi connectivity index (χ1n) is 8.74. The summed E-state index contributed by atoms with van der Waals surface area (Å²) in [4.78, 5) is 30.0. The molecule has 1 amide bonds. The van der Waals surface area contributed by atoms with Crippen molar-refractivity contribution in [1.82, 2.24) is 14.9 Å². The van der Waals surface area contributed by atoms with Gasteiger partial charge in [0.1, 0.15) is 10.6 Å². The van der Waals surface area contributed by atoms with E-state index in [0.717, 1.165) is 11.3 Å². The number of carbonyl (C=O) groups is 1. The number of nitrogens with one attached hydrogen (secondary N) is 1. The Morgan fingerprint density at radius 3 is 3.00 bits per heavy atom. The number of para-hydroxylation sites is 1. The third-order valence-corrected chi connectivity index (χ3v) is 5.88. The highest BCUT2D eigenvalue weighted by atomic mass is 32.2. The lowest BCUT2D eigenvalue weighted by Gasteiger charge is -2.11. The molecule has 1 aromatic carbocycles. The number of allylic oxidation sites excluding steroid dienone is 1. The van der Waals surface area contributed by atoms with E-state index in [-0.39, 0.29) is 17.2 Å². The Kier molecular flexibility index (Phi) is 6.89. The number of nitrogens with zero attached hydrogens (tertiary/aromatic N) is 2. The Hall–Kier alpha value is -2.58. The predicted molar refractivity (Wildman–Crippen MR) is 115 cm³/mol. The van der Waals surface area contributed by atoms with Crippen molar-refractivity contribution in [2.75, 3.05) is 19.4 Å². The SMILES string of the molecule is C=CCn1c(SCC(=O)NCCc2ccccc2OC)nc2sccc2c1=O. The van der Waals surface area contributed by atoms with E-state index < -0.39 is 0 Å². The minimum Gasteiger partial charge on any atom is -0.496 e. The maximum absolute atomic E-state index is 12.6. The topological polar surface area (TPSA) is 73.2 Å². The Balaban J connectivity index is 1.60. The molecule has 28 heavy (non-hydrogen) atoms. The van der Waals surface area contributed by atoms with Gasteiger partial charge in [0.2, 0.25) is 5.91 Å². The molecule has 0 unspecified atom stereocenters. The van der Waals surface area contributed by atoms with Gasteiger partial charge in [-0.1, -0.05) is 36.0 Å². The summed E-state index contributed by atoms with van der Waals surface area (Å²) >= 11 is 2.67. The van der Waals surface area contributed by atoms with Gasteiger partial charge in [0.25, 0.3) is 5.56 Å². The van der Waals surface area contributed by atoms with E-state index in [9.17, 15) is 9.59 Å². The number of fused-ring (bicyclic) bond motifs is 1. The van der Waals surface area contributed by atoms with Crippen molar-refractivity contribution in [3.8, 4) is 5.75 Å². The molecular formula is C20H21N3O3S2. The van der Waals surface area contributed by atoms with E-state index in [4.69, 9.17) is 4.74 Å². The molecule has 0 saturated carbocycles. The molecule has 0 saturated heterocycles. The van der Waals surface area contributed by atoms with Crippen LogP contribution >= 0.6 is 23.1 Å². The normalized spacial score (nSPS) is 10.8. The smallest absolute Gasteiger partial charge is 0.263 e. The summed E-state index contributed by atoms with van der Waals surface area (Å²) in [5, 5.41) is 5.87. The number of benzene rings is 1. The zero-order valence-electron chi connectivity index (χ0n) is 15.5. The number of rotatable bonds is 9. The summed E-state index contributed by atoms with van der Waals surface area (Å²) in [7, 11) is 1.63. The van der Waals surface area contributed by atoms with E-state index in [2.05, 4.69) is 16.9 Å². The van der Waals surface area contributed by atoms with E-state index in [1.165, 1.54) is 23.1 Å². The van der Waals surface area contributed by atoms with Crippen LogP contribution in [0.5, 0.6) is 5.75 Å². The maximum Gasteiger partial charge on any atom is 0.263 e. The van der Waals surface area contributed by atoms with Crippen LogP contribution in [0.1, 0.15) is 5.56 Å². The zero-order valence-corrected chi connectivity index (χ0v) is 17.1. The first-order valence-corrected chi connectivity index (χ1v) is 10.6. The summed E-state index contributed by atoms with van der Waals surface area (Å²) in [6.07, 6.45) is 2.33. The first-order chi connectivity index (χ1) is 13.6. The number of ether oxygens (including phenoxy) is 1. The van der Waals surface area contributed by atoms with Crippen LogP contribution in [0.2, 0.25) is 0 Å². The molecule has 0 aliphatic carbocycles. The average molecular weight is 416 g/mol. The molecule has 0 aliphatic heterocycles. The molecule has 0 aliphatic rings. The zero-order chi connectivity index (χ0) is 19.9. The minimum absolute atomic E-state index is 0.106. The molecule has 6 nitrogen and oxygen atoms in total. The van der Waals surface area contributed by atoms with Crippen LogP contribution in [0.3, 0.4) is 0 Å². The lowest BCUT2D eigenvalue weighted by molar-refractivity contribution is -0.118. The fraction of sp³-hybridized carbons (Fsp3) is 0.250. The van der Waals surface area contributed by atoms with Crippen LogP contribution < -0.4 is 15.6 Å².